The van der Waals surface area contributed by atoms with Crippen LogP contribution in [-0.2, 0) is 0 Å². The van der Waals surface area contributed by atoms with Crippen molar-refractivity contribution in [3.8, 4) is 0 Å². The van der Waals surface area contributed by atoms with E-state index in [-0.39, 0.29) is 0 Å². The van der Waals surface area contributed by atoms with E-state index in [9.17, 15) is 0 Å². The zero-order chi connectivity index (χ0) is 9.10. The van der Waals surface area contributed by atoms with Crippen molar-refractivity contribution in [1.29, 1.82) is 0 Å². The number of nitrogens with zero attached hydrogens (tertiary/aromatic N) is 1. The largest absolute Gasteiger partial charge is 0.300 e. The van der Waals surface area contributed by atoms with Crippen molar-refractivity contribution in [3.63, 3.8) is 0 Å². The molecule has 1 aliphatic carbocycles. The highest BCUT2D eigenvalue weighted by atomic mass is 15.2. The summed E-state index contributed by atoms with van der Waals surface area (Å²) in [4.78, 5) is 2.72. The predicted molar refractivity (Wildman–Crippen MR) is 56.8 cm³/mol. The minimum Gasteiger partial charge on any atom is -0.300 e. The molecule has 0 amide bonds. The summed E-state index contributed by atoms with van der Waals surface area (Å²) in [7, 11) is 0. The van der Waals surface area contributed by atoms with Gasteiger partial charge in [0.15, 0.2) is 0 Å². The van der Waals surface area contributed by atoms with Crippen molar-refractivity contribution in [2.45, 2.75) is 57.9 Å². The molecular weight excluding hydrogens is 158 g/mol. The quantitative estimate of drug-likeness (QED) is 0.633. The summed E-state index contributed by atoms with van der Waals surface area (Å²) in [5.74, 6) is 1.08. The highest BCUT2D eigenvalue weighted by Crippen LogP contribution is 2.34. The molecule has 0 aromatic heterocycles. The highest BCUT2D eigenvalue weighted by Gasteiger charge is 2.37. The molecule has 0 radical (unpaired) electrons. The van der Waals surface area contributed by atoms with Crippen molar-refractivity contribution in [3.05, 3.63) is 0 Å². The molecule has 2 atom stereocenters. The molecule has 0 bridgehead atoms. The van der Waals surface area contributed by atoms with Crippen LogP contribution in [0.25, 0.3) is 0 Å². The fourth-order valence-electron chi connectivity index (χ4n) is 3.08. The third-order valence-electron chi connectivity index (χ3n) is 3.82. The van der Waals surface area contributed by atoms with Gasteiger partial charge in [-0.1, -0.05) is 32.6 Å². The van der Waals surface area contributed by atoms with Crippen LogP contribution in [0.15, 0.2) is 0 Å². The third-order valence-corrected chi connectivity index (χ3v) is 3.82. The molecule has 2 rings (SSSR count). The maximum absolute atomic E-state index is 2.72. The molecule has 1 aliphatic heterocycles. The second-order valence-corrected chi connectivity index (χ2v) is 4.81. The zero-order valence-corrected chi connectivity index (χ0v) is 8.97. The van der Waals surface area contributed by atoms with Crippen molar-refractivity contribution in [2.75, 3.05) is 13.1 Å². The fourth-order valence-corrected chi connectivity index (χ4v) is 3.08. The first-order chi connectivity index (χ1) is 6.42. The van der Waals surface area contributed by atoms with E-state index >= 15 is 0 Å². The van der Waals surface area contributed by atoms with Crippen LogP contribution in [0.4, 0.5) is 0 Å². The van der Waals surface area contributed by atoms with E-state index in [0.717, 1.165) is 12.0 Å². The normalized spacial score (nSPS) is 35.8. The van der Waals surface area contributed by atoms with Crippen molar-refractivity contribution in [2.24, 2.45) is 5.92 Å². The lowest BCUT2D eigenvalue weighted by Crippen LogP contribution is -2.56. The predicted octanol–water partition coefficient (Wildman–Crippen LogP) is 3.05. The van der Waals surface area contributed by atoms with Gasteiger partial charge in [-0.15, -0.1) is 0 Å². The number of rotatable bonds is 2. The van der Waals surface area contributed by atoms with Crippen LogP contribution < -0.4 is 0 Å². The summed E-state index contributed by atoms with van der Waals surface area (Å²) in [5.41, 5.74) is 0. The average molecular weight is 181 g/mol. The van der Waals surface area contributed by atoms with Crippen LogP contribution in [0.1, 0.15) is 51.9 Å². The van der Waals surface area contributed by atoms with Gasteiger partial charge in [-0.2, -0.15) is 0 Å². The molecule has 13 heavy (non-hydrogen) atoms. The average Bonchev–Trinajstić information content (AvgIpc) is 2.09. The first-order valence-corrected chi connectivity index (χ1v) is 6.16. The van der Waals surface area contributed by atoms with Gasteiger partial charge in [0.2, 0.25) is 0 Å². The van der Waals surface area contributed by atoms with Crippen molar-refractivity contribution >= 4 is 0 Å². The summed E-state index contributed by atoms with van der Waals surface area (Å²) in [6.45, 7) is 5.07. The van der Waals surface area contributed by atoms with Gasteiger partial charge >= 0.3 is 0 Å². The maximum Gasteiger partial charge on any atom is 0.0136 e. The Balaban J connectivity index is 1.81. The first-order valence-electron chi connectivity index (χ1n) is 6.16. The molecular formula is C12H23N. The van der Waals surface area contributed by atoms with Crippen LogP contribution in [0.5, 0.6) is 0 Å². The molecule has 2 fully saturated rings. The van der Waals surface area contributed by atoms with Crippen molar-refractivity contribution < 1.29 is 0 Å². The Morgan fingerprint density at radius 3 is 2.62 bits per heavy atom. The van der Waals surface area contributed by atoms with Crippen LogP contribution in [0.2, 0.25) is 0 Å². The van der Waals surface area contributed by atoms with Gasteiger partial charge < -0.3 is 0 Å². The molecule has 2 aliphatic rings. The minimum absolute atomic E-state index is 0.986. The number of likely N-dealkylation sites (tertiary alicyclic amines) is 1. The SMILES string of the molecule is CCCN1CC2CCCCCCC21. The topological polar surface area (TPSA) is 3.24 Å². The highest BCUT2D eigenvalue weighted by molar-refractivity contribution is 4.91. The molecule has 1 saturated heterocycles. The van der Waals surface area contributed by atoms with Crippen LogP contribution in [0, 0.1) is 5.92 Å². The summed E-state index contributed by atoms with van der Waals surface area (Å²) < 4.78 is 0. The molecule has 1 heteroatoms. The van der Waals surface area contributed by atoms with Crippen LogP contribution in [-0.4, -0.2) is 24.0 Å². The van der Waals surface area contributed by atoms with Crippen LogP contribution >= 0.6 is 0 Å². The number of hydrogen-bond donors (Lipinski definition) is 0. The van der Waals surface area contributed by atoms with Gasteiger partial charge in [-0.3, -0.25) is 4.90 Å². The molecule has 2 unspecified atom stereocenters. The van der Waals surface area contributed by atoms with E-state index in [1.807, 2.05) is 0 Å². The Kier molecular flexibility index (Phi) is 3.26. The first kappa shape index (κ1) is 9.51. The van der Waals surface area contributed by atoms with E-state index < -0.39 is 0 Å². The van der Waals surface area contributed by atoms with Gasteiger partial charge in [-0.05, 0) is 31.7 Å². The lowest BCUT2D eigenvalue weighted by Gasteiger charge is -2.49. The molecule has 1 saturated carbocycles. The fraction of sp³-hybridized carbons (Fsp3) is 1.00. The molecule has 0 aromatic rings. The molecule has 1 nitrogen and oxygen atoms in total. The number of fused-ring (bicyclic) bond motifs is 1. The maximum atomic E-state index is 2.72. The smallest absolute Gasteiger partial charge is 0.0136 e. The van der Waals surface area contributed by atoms with Gasteiger partial charge in [0.1, 0.15) is 0 Å². The lowest BCUT2D eigenvalue weighted by molar-refractivity contribution is -0.00192. The second-order valence-electron chi connectivity index (χ2n) is 4.81. The van der Waals surface area contributed by atoms with E-state index in [2.05, 4.69) is 11.8 Å². The Labute approximate surface area is 82.5 Å². The summed E-state index contributed by atoms with van der Waals surface area (Å²) in [6.07, 6.45) is 10.3. The zero-order valence-electron chi connectivity index (χ0n) is 8.97. The van der Waals surface area contributed by atoms with E-state index in [4.69, 9.17) is 0 Å². The molecule has 0 spiro atoms. The van der Waals surface area contributed by atoms with Crippen LogP contribution in [0.3, 0.4) is 0 Å². The summed E-state index contributed by atoms with van der Waals surface area (Å²) in [5, 5.41) is 0. The second kappa shape index (κ2) is 4.45. The Morgan fingerprint density at radius 1 is 1.08 bits per heavy atom. The van der Waals surface area contributed by atoms with E-state index in [0.29, 0.717) is 0 Å². The van der Waals surface area contributed by atoms with Gasteiger partial charge in [0.25, 0.3) is 0 Å². The molecule has 76 valence electrons. The van der Waals surface area contributed by atoms with Crippen molar-refractivity contribution in [1.82, 2.24) is 4.90 Å². The molecule has 0 aromatic carbocycles. The Bertz CT molecular complexity index is 151. The Morgan fingerprint density at radius 2 is 1.85 bits per heavy atom. The Hall–Kier alpha value is -0.0400. The standard InChI is InChI=1S/C12H23N/c1-2-9-13-10-11-7-5-3-4-6-8-12(11)13/h11-12H,2-10H2,1H3. The molecule has 1 heterocycles. The lowest BCUT2D eigenvalue weighted by atomic mass is 9.79. The van der Waals surface area contributed by atoms with Gasteiger partial charge in [0, 0.05) is 12.6 Å². The van der Waals surface area contributed by atoms with Gasteiger partial charge in [-0.25, -0.2) is 0 Å². The monoisotopic (exact) mass is 181 g/mol. The third kappa shape index (κ3) is 2.07. The minimum atomic E-state index is 0.986. The summed E-state index contributed by atoms with van der Waals surface area (Å²) >= 11 is 0. The van der Waals surface area contributed by atoms with E-state index in [1.54, 1.807) is 0 Å². The van der Waals surface area contributed by atoms with E-state index in [1.165, 1.54) is 58.0 Å². The number of hydrogen-bond acceptors (Lipinski definition) is 1. The molecule has 0 N–H and O–H groups in total. The van der Waals surface area contributed by atoms with Gasteiger partial charge in [0.05, 0.1) is 0 Å². The summed E-state index contributed by atoms with van der Waals surface area (Å²) in [6, 6.07) is 0.986.